The van der Waals surface area contributed by atoms with Crippen LogP contribution in [0.1, 0.15) is 25.8 Å². The quantitative estimate of drug-likeness (QED) is 0.388. The molecular weight excluding hydrogens is 382 g/mol. The average molecular weight is 406 g/mol. The average Bonchev–Trinajstić information content (AvgIpc) is 2.92. The van der Waals surface area contributed by atoms with Crippen LogP contribution >= 0.6 is 24.0 Å². The molecule has 2 heterocycles. The Morgan fingerprint density at radius 3 is 2.96 bits per heavy atom. The summed E-state index contributed by atoms with van der Waals surface area (Å²) in [6, 6.07) is 5.76. The van der Waals surface area contributed by atoms with Crippen molar-refractivity contribution in [3.63, 3.8) is 0 Å². The Balaban J connectivity index is 1.78. The summed E-state index contributed by atoms with van der Waals surface area (Å²) in [5, 5.41) is 0. The van der Waals surface area contributed by atoms with Gasteiger partial charge in [-0.2, -0.15) is 0 Å². The topological polar surface area (TPSA) is 48.0 Å². The number of para-hydroxylation sites is 1. The minimum Gasteiger partial charge on any atom is -0.493 e. The third-order valence-electron chi connectivity index (χ3n) is 4.36. The van der Waals surface area contributed by atoms with Gasteiger partial charge in [-0.3, -0.25) is 9.69 Å². The minimum absolute atomic E-state index is 0.0500. The van der Waals surface area contributed by atoms with Gasteiger partial charge in [-0.15, -0.1) is 0 Å². The van der Waals surface area contributed by atoms with E-state index in [1.807, 2.05) is 44.2 Å². The highest BCUT2D eigenvalue weighted by Gasteiger charge is 2.32. The predicted octanol–water partition coefficient (Wildman–Crippen LogP) is 4.03. The van der Waals surface area contributed by atoms with E-state index in [4.69, 9.17) is 26.4 Å². The molecule has 2 aliphatic rings. The van der Waals surface area contributed by atoms with Crippen LogP contribution in [0.4, 0.5) is 0 Å². The van der Waals surface area contributed by atoms with E-state index in [2.05, 4.69) is 0 Å². The molecule has 3 rings (SSSR count). The molecule has 7 heteroatoms. The number of thioether (sulfide) groups is 1. The SMILES string of the molecule is CCOCCCN1C(=O)/C(=C\C2=Cc3cccc(OC)c3OC2C)SC1=S. The van der Waals surface area contributed by atoms with Crippen molar-refractivity contribution in [3.8, 4) is 11.5 Å². The first-order valence-corrected chi connectivity index (χ1v) is 10.2. The first kappa shape index (κ1) is 19.9. The number of thiocarbonyl (C=S) groups is 1. The number of methoxy groups -OCH3 is 1. The molecular formula is C20H23NO4S2. The van der Waals surface area contributed by atoms with E-state index in [1.54, 1.807) is 12.0 Å². The highest BCUT2D eigenvalue weighted by molar-refractivity contribution is 8.26. The first-order chi connectivity index (χ1) is 13.0. The molecule has 1 unspecified atom stereocenters. The number of carbonyl (C=O) groups excluding carboxylic acids is 1. The van der Waals surface area contributed by atoms with Gasteiger partial charge in [0.15, 0.2) is 11.5 Å². The van der Waals surface area contributed by atoms with Crippen LogP contribution in [-0.4, -0.2) is 48.1 Å². The smallest absolute Gasteiger partial charge is 0.266 e. The summed E-state index contributed by atoms with van der Waals surface area (Å²) in [6.45, 7) is 5.79. The van der Waals surface area contributed by atoms with Crippen molar-refractivity contribution >= 4 is 40.3 Å². The van der Waals surface area contributed by atoms with Crippen molar-refractivity contribution in [1.29, 1.82) is 0 Å². The second-order valence-electron chi connectivity index (χ2n) is 6.17. The lowest BCUT2D eigenvalue weighted by Crippen LogP contribution is -2.29. The van der Waals surface area contributed by atoms with Crippen LogP contribution in [0.3, 0.4) is 0 Å². The third kappa shape index (κ3) is 4.36. The first-order valence-electron chi connectivity index (χ1n) is 8.93. The zero-order valence-corrected chi connectivity index (χ0v) is 17.3. The monoisotopic (exact) mass is 405 g/mol. The van der Waals surface area contributed by atoms with Gasteiger partial charge >= 0.3 is 0 Å². The van der Waals surface area contributed by atoms with Crippen molar-refractivity contribution in [1.82, 2.24) is 4.90 Å². The van der Waals surface area contributed by atoms with Gasteiger partial charge in [0.2, 0.25) is 0 Å². The maximum absolute atomic E-state index is 12.7. The second kappa shape index (κ2) is 8.91. The number of carbonyl (C=O) groups is 1. The van der Waals surface area contributed by atoms with Crippen molar-refractivity contribution in [2.75, 3.05) is 26.9 Å². The molecule has 0 spiro atoms. The molecule has 0 saturated carbocycles. The van der Waals surface area contributed by atoms with Crippen molar-refractivity contribution in [2.24, 2.45) is 0 Å². The van der Waals surface area contributed by atoms with Gasteiger partial charge in [-0.25, -0.2) is 0 Å². The fourth-order valence-corrected chi connectivity index (χ4v) is 4.26. The van der Waals surface area contributed by atoms with Crippen LogP contribution < -0.4 is 9.47 Å². The summed E-state index contributed by atoms with van der Waals surface area (Å²) in [5.74, 6) is 1.38. The number of nitrogens with zero attached hydrogens (tertiary/aromatic N) is 1. The number of rotatable bonds is 7. The molecule has 0 radical (unpaired) electrons. The molecule has 1 atom stereocenters. The second-order valence-corrected chi connectivity index (χ2v) is 7.84. The Bertz CT molecular complexity index is 803. The Morgan fingerprint density at radius 1 is 1.41 bits per heavy atom. The van der Waals surface area contributed by atoms with E-state index in [9.17, 15) is 4.79 Å². The normalized spacial score (nSPS) is 20.6. The Morgan fingerprint density at radius 2 is 2.22 bits per heavy atom. The number of fused-ring (bicyclic) bond motifs is 1. The number of ether oxygens (including phenoxy) is 3. The van der Waals surface area contributed by atoms with Crippen LogP contribution in [0.15, 0.2) is 34.8 Å². The number of benzene rings is 1. The van der Waals surface area contributed by atoms with Crippen LogP contribution in [-0.2, 0) is 9.53 Å². The Kier molecular flexibility index (Phi) is 6.57. The van der Waals surface area contributed by atoms with E-state index in [1.165, 1.54) is 11.8 Å². The third-order valence-corrected chi connectivity index (χ3v) is 5.74. The summed E-state index contributed by atoms with van der Waals surface area (Å²) in [4.78, 5) is 15.0. The molecule has 2 aliphatic heterocycles. The molecule has 0 aromatic heterocycles. The minimum atomic E-state index is -0.185. The molecule has 1 saturated heterocycles. The van der Waals surface area contributed by atoms with Gasteiger partial charge in [-0.1, -0.05) is 36.1 Å². The van der Waals surface area contributed by atoms with E-state index in [0.29, 0.717) is 34.7 Å². The largest absolute Gasteiger partial charge is 0.493 e. The van der Waals surface area contributed by atoms with Gasteiger partial charge in [0.1, 0.15) is 10.4 Å². The van der Waals surface area contributed by atoms with Gasteiger partial charge < -0.3 is 14.2 Å². The number of hydrogen-bond donors (Lipinski definition) is 0. The van der Waals surface area contributed by atoms with Crippen molar-refractivity contribution in [2.45, 2.75) is 26.4 Å². The zero-order valence-electron chi connectivity index (χ0n) is 15.7. The molecule has 144 valence electrons. The lowest BCUT2D eigenvalue weighted by molar-refractivity contribution is -0.122. The summed E-state index contributed by atoms with van der Waals surface area (Å²) < 4.78 is 17.3. The van der Waals surface area contributed by atoms with Gasteiger partial charge in [0.05, 0.1) is 12.0 Å². The lowest BCUT2D eigenvalue weighted by atomic mass is 10.0. The standard InChI is InChI=1S/C20H23NO4S2/c1-4-24-10-6-9-21-19(22)17(27-20(21)26)12-15-11-14-7-5-8-16(23-3)18(14)25-13(15)2/h5,7-8,11-13H,4,6,9-10H2,1-3H3/b17-12+. The van der Waals surface area contributed by atoms with Crippen LogP contribution in [0.25, 0.3) is 6.08 Å². The summed E-state index contributed by atoms with van der Waals surface area (Å²) in [5.41, 5.74) is 1.87. The predicted molar refractivity (Wildman–Crippen MR) is 112 cm³/mol. The van der Waals surface area contributed by atoms with E-state index < -0.39 is 0 Å². The summed E-state index contributed by atoms with van der Waals surface area (Å²) in [6.07, 6.45) is 4.50. The number of hydrogen-bond acceptors (Lipinski definition) is 6. The molecule has 0 aliphatic carbocycles. The van der Waals surface area contributed by atoms with Crippen LogP contribution in [0.2, 0.25) is 0 Å². The lowest BCUT2D eigenvalue weighted by Gasteiger charge is -2.24. The zero-order chi connectivity index (χ0) is 19.4. The van der Waals surface area contributed by atoms with E-state index in [0.717, 1.165) is 23.3 Å². The van der Waals surface area contributed by atoms with Gasteiger partial charge in [0.25, 0.3) is 5.91 Å². The molecule has 0 bridgehead atoms. The fourth-order valence-electron chi connectivity index (χ4n) is 2.95. The summed E-state index contributed by atoms with van der Waals surface area (Å²) >= 11 is 6.72. The molecule has 27 heavy (non-hydrogen) atoms. The van der Waals surface area contributed by atoms with Gasteiger partial charge in [-0.05, 0) is 44.1 Å². The molecule has 1 amide bonds. The maximum Gasteiger partial charge on any atom is 0.266 e. The Hall–Kier alpha value is -1.83. The molecule has 0 N–H and O–H groups in total. The highest BCUT2D eigenvalue weighted by atomic mass is 32.2. The van der Waals surface area contributed by atoms with Crippen molar-refractivity contribution in [3.05, 3.63) is 40.3 Å². The summed E-state index contributed by atoms with van der Waals surface area (Å²) in [7, 11) is 1.62. The fraction of sp³-hybridized carbons (Fsp3) is 0.400. The van der Waals surface area contributed by atoms with Crippen LogP contribution in [0.5, 0.6) is 11.5 Å². The Labute approximate surface area is 169 Å². The molecule has 1 aromatic carbocycles. The highest BCUT2D eigenvalue weighted by Crippen LogP contribution is 2.39. The molecule has 1 fully saturated rings. The van der Waals surface area contributed by atoms with Crippen molar-refractivity contribution < 1.29 is 19.0 Å². The van der Waals surface area contributed by atoms with Crippen LogP contribution in [0, 0.1) is 0 Å². The van der Waals surface area contributed by atoms with E-state index in [-0.39, 0.29) is 12.0 Å². The maximum atomic E-state index is 12.7. The number of amides is 1. The van der Waals surface area contributed by atoms with E-state index >= 15 is 0 Å². The van der Waals surface area contributed by atoms with Gasteiger partial charge in [0, 0.05) is 25.3 Å². The molecule has 5 nitrogen and oxygen atoms in total. The molecule has 1 aromatic rings.